The lowest BCUT2D eigenvalue weighted by atomic mass is 10.1. The fourth-order valence-corrected chi connectivity index (χ4v) is 4.21. The molecule has 0 bridgehead atoms. The summed E-state index contributed by atoms with van der Waals surface area (Å²) in [5.74, 6) is 1.26. The number of carbonyl (C=O) groups is 1. The monoisotopic (exact) mass is 395 g/mol. The Morgan fingerprint density at radius 1 is 1.25 bits per heavy atom. The zero-order valence-corrected chi connectivity index (χ0v) is 16.5. The highest BCUT2D eigenvalue weighted by Crippen LogP contribution is 2.29. The molecule has 0 saturated heterocycles. The van der Waals surface area contributed by atoms with Crippen LogP contribution in [-0.4, -0.2) is 44.3 Å². The number of amides is 1. The molecule has 2 N–H and O–H groups in total. The number of aromatic nitrogens is 3. The van der Waals surface area contributed by atoms with Crippen LogP contribution in [0.1, 0.15) is 35.0 Å². The van der Waals surface area contributed by atoms with Crippen LogP contribution in [0, 0.1) is 0 Å². The maximum absolute atomic E-state index is 13.1. The van der Waals surface area contributed by atoms with Crippen molar-refractivity contribution in [1.82, 2.24) is 25.0 Å². The average molecular weight is 395 g/mol. The SMILES string of the molecule is CN/C(=C\O)c1nnc2n1CCN(C(=O)c1ccc(-c3cccs3)cc1)[C@@H]2C. The molecule has 28 heavy (non-hydrogen) atoms. The summed E-state index contributed by atoms with van der Waals surface area (Å²) in [6.07, 6.45) is 0.981. The molecule has 8 heteroatoms. The second kappa shape index (κ2) is 7.47. The Labute approximate surface area is 167 Å². The van der Waals surface area contributed by atoms with Crippen LogP contribution >= 0.6 is 11.3 Å². The molecule has 0 aliphatic carbocycles. The molecule has 0 unspecified atom stereocenters. The van der Waals surface area contributed by atoms with E-state index < -0.39 is 0 Å². The Hall–Kier alpha value is -3.13. The van der Waals surface area contributed by atoms with Gasteiger partial charge in [-0.15, -0.1) is 21.5 Å². The van der Waals surface area contributed by atoms with E-state index in [9.17, 15) is 9.90 Å². The quantitative estimate of drug-likeness (QED) is 0.663. The molecule has 144 valence electrons. The van der Waals surface area contributed by atoms with Crippen molar-refractivity contribution in [2.45, 2.75) is 19.5 Å². The van der Waals surface area contributed by atoms with Crippen LogP contribution in [0.4, 0.5) is 0 Å². The van der Waals surface area contributed by atoms with Gasteiger partial charge in [0.05, 0.1) is 6.04 Å². The van der Waals surface area contributed by atoms with Gasteiger partial charge in [0.25, 0.3) is 5.91 Å². The third-order valence-corrected chi connectivity index (χ3v) is 5.94. The van der Waals surface area contributed by atoms with E-state index in [0.29, 0.717) is 36.0 Å². The summed E-state index contributed by atoms with van der Waals surface area (Å²) >= 11 is 1.68. The van der Waals surface area contributed by atoms with Gasteiger partial charge in [-0.3, -0.25) is 4.79 Å². The maximum Gasteiger partial charge on any atom is 0.254 e. The molecular weight excluding hydrogens is 374 g/mol. The summed E-state index contributed by atoms with van der Waals surface area (Å²) in [5, 5.41) is 22.8. The zero-order valence-electron chi connectivity index (χ0n) is 15.7. The van der Waals surface area contributed by atoms with Crippen molar-refractivity contribution < 1.29 is 9.90 Å². The fourth-order valence-electron chi connectivity index (χ4n) is 3.48. The van der Waals surface area contributed by atoms with Crippen LogP contribution in [-0.2, 0) is 6.54 Å². The normalized spacial score (nSPS) is 16.7. The number of carbonyl (C=O) groups excluding carboxylic acids is 1. The Bertz CT molecular complexity index is 1010. The first-order chi connectivity index (χ1) is 13.6. The van der Waals surface area contributed by atoms with Crippen molar-refractivity contribution >= 4 is 22.9 Å². The van der Waals surface area contributed by atoms with Gasteiger partial charge in [0.2, 0.25) is 0 Å². The number of fused-ring (bicyclic) bond motifs is 1. The minimum Gasteiger partial charge on any atom is -0.513 e. The van der Waals surface area contributed by atoms with Gasteiger partial charge in [-0.2, -0.15) is 0 Å². The van der Waals surface area contributed by atoms with Crippen LogP contribution in [0.25, 0.3) is 16.1 Å². The van der Waals surface area contributed by atoms with Crippen LogP contribution in [0.2, 0.25) is 0 Å². The summed E-state index contributed by atoms with van der Waals surface area (Å²) in [5.41, 5.74) is 2.26. The molecule has 0 saturated carbocycles. The van der Waals surface area contributed by atoms with Crippen LogP contribution < -0.4 is 5.32 Å². The summed E-state index contributed by atoms with van der Waals surface area (Å²) < 4.78 is 1.94. The number of hydrogen-bond acceptors (Lipinski definition) is 6. The molecule has 2 aromatic heterocycles. The van der Waals surface area contributed by atoms with E-state index in [0.717, 1.165) is 11.8 Å². The van der Waals surface area contributed by atoms with E-state index in [2.05, 4.69) is 21.6 Å². The first-order valence-corrected chi connectivity index (χ1v) is 9.92. The van der Waals surface area contributed by atoms with Crippen molar-refractivity contribution in [2.75, 3.05) is 13.6 Å². The Morgan fingerprint density at radius 2 is 2.04 bits per heavy atom. The van der Waals surface area contributed by atoms with Gasteiger partial charge in [0.1, 0.15) is 12.0 Å². The Morgan fingerprint density at radius 3 is 2.68 bits per heavy atom. The van der Waals surface area contributed by atoms with Gasteiger partial charge in [0, 0.05) is 30.6 Å². The summed E-state index contributed by atoms with van der Waals surface area (Å²) in [4.78, 5) is 16.1. The van der Waals surface area contributed by atoms with Crippen LogP contribution in [0.5, 0.6) is 0 Å². The third kappa shape index (κ3) is 3.05. The molecule has 3 aromatic rings. The predicted octanol–water partition coefficient (Wildman–Crippen LogP) is 3.30. The lowest BCUT2D eigenvalue weighted by Gasteiger charge is -2.34. The smallest absolute Gasteiger partial charge is 0.254 e. The molecule has 3 heterocycles. The number of hydrogen-bond donors (Lipinski definition) is 2. The minimum atomic E-state index is -0.212. The molecule has 1 aliphatic rings. The predicted molar refractivity (Wildman–Crippen MR) is 109 cm³/mol. The lowest BCUT2D eigenvalue weighted by Crippen LogP contribution is -2.41. The van der Waals surface area contributed by atoms with Crippen LogP contribution in [0.3, 0.4) is 0 Å². The number of nitrogens with one attached hydrogen (secondary N) is 1. The molecule has 1 amide bonds. The fraction of sp³-hybridized carbons (Fsp3) is 0.250. The molecule has 0 fully saturated rings. The van der Waals surface area contributed by atoms with Gasteiger partial charge in [-0.25, -0.2) is 0 Å². The molecular formula is C20H21N5O2S. The van der Waals surface area contributed by atoms with Gasteiger partial charge >= 0.3 is 0 Å². The highest BCUT2D eigenvalue weighted by molar-refractivity contribution is 7.13. The first kappa shape index (κ1) is 18.2. The maximum atomic E-state index is 13.1. The molecule has 1 aromatic carbocycles. The van der Waals surface area contributed by atoms with Gasteiger partial charge in [-0.05, 0) is 36.1 Å². The van der Waals surface area contributed by atoms with E-state index in [-0.39, 0.29) is 11.9 Å². The molecule has 7 nitrogen and oxygen atoms in total. The highest BCUT2D eigenvalue weighted by Gasteiger charge is 2.32. The molecule has 1 atom stereocenters. The summed E-state index contributed by atoms with van der Waals surface area (Å²) in [6.45, 7) is 3.07. The van der Waals surface area contributed by atoms with E-state index in [4.69, 9.17) is 0 Å². The van der Waals surface area contributed by atoms with Gasteiger partial charge in [-0.1, -0.05) is 18.2 Å². The third-order valence-electron chi connectivity index (χ3n) is 5.02. The largest absolute Gasteiger partial charge is 0.513 e. The first-order valence-electron chi connectivity index (χ1n) is 9.04. The second-order valence-corrected chi connectivity index (χ2v) is 7.50. The zero-order chi connectivity index (χ0) is 19.7. The lowest BCUT2D eigenvalue weighted by molar-refractivity contribution is 0.0637. The summed E-state index contributed by atoms with van der Waals surface area (Å²) in [7, 11) is 1.71. The standard InChI is InChI=1S/C20H21N5O2S/c1-13-18-22-23-19(16(12-26)21-2)25(18)10-9-24(13)20(27)15-7-5-14(6-8-15)17-4-3-11-28-17/h3-8,11-13,21,26H,9-10H2,1-2H3/b16-12-/t13-/m1/s1. The molecule has 4 rings (SSSR count). The molecule has 0 radical (unpaired) electrons. The number of rotatable bonds is 4. The van der Waals surface area contributed by atoms with Crippen molar-refractivity contribution in [1.29, 1.82) is 0 Å². The van der Waals surface area contributed by atoms with Gasteiger partial charge in [0.15, 0.2) is 11.6 Å². The van der Waals surface area contributed by atoms with Crippen molar-refractivity contribution in [3.63, 3.8) is 0 Å². The molecule has 0 spiro atoms. The topological polar surface area (TPSA) is 83.3 Å². The van der Waals surface area contributed by atoms with E-state index in [1.54, 1.807) is 18.4 Å². The van der Waals surface area contributed by atoms with Crippen molar-refractivity contribution in [2.24, 2.45) is 0 Å². The highest BCUT2D eigenvalue weighted by atomic mass is 32.1. The minimum absolute atomic E-state index is 0.0208. The average Bonchev–Trinajstić information content (AvgIpc) is 3.40. The van der Waals surface area contributed by atoms with Crippen molar-refractivity contribution in [3.05, 3.63) is 65.3 Å². The molecule has 1 aliphatic heterocycles. The second-order valence-electron chi connectivity index (χ2n) is 6.56. The number of nitrogens with zero attached hydrogens (tertiary/aromatic N) is 4. The van der Waals surface area contributed by atoms with Gasteiger partial charge < -0.3 is 19.9 Å². The van der Waals surface area contributed by atoms with E-state index in [1.165, 1.54) is 4.88 Å². The Kier molecular flexibility index (Phi) is 4.87. The van der Waals surface area contributed by atoms with E-state index in [1.807, 2.05) is 52.1 Å². The Balaban J connectivity index is 1.57. The van der Waals surface area contributed by atoms with Crippen molar-refractivity contribution in [3.8, 4) is 10.4 Å². The number of aliphatic hydroxyl groups is 1. The van der Waals surface area contributed by atoms with Crippen LogP contribution in [0.15, 0.2) is 48.0 Å². The summed E-state index contributed by atoms with van der Waals surface area (Å²) in [6, 6.07) is 11.6. The number of aliphatic hydroxyl groups excluding tert-OH is 1. The number of thiophene rings is 1. The number of benzene rings is 1. The van der Waals surface area contributed by atoms with E-state index >= 15 is 0 Å².